The number of nitrogens with one attached hydrogen (secondary N) is 1. The normalized spacial score (nSPS) is 21.2. The van der Waals surface area contributed by atoms with Gasteiger partial charge >= 0.3 is 0 Å². The van der Waals surface area contributed by atoms with Crippen molar-refractivity contribution in [2.45, 2.75) is 38.0 Å². The molecule has 0 spiro atoms. The van der Waals surface area contributed by atoms with E-state index < -0.39 is 11.7 Å². The molecule has 0 radical (unpaired) electrons. The highest BCUT2D eigenvalue weighted by molar-refractivity contribution is 5.81. The van der Waals surface area contributed by atoms with Crippen LogP contribution in [0.5, 0.6) is 5.75 Å². The molecule has 1 aromatic heterocycles. The van der Waals surface area contributed by atoms with Gasteiger partial charge < -0.3 is 15.2 Å². The lowest BCUT2D eigenvalue weighted by Gasteiger charge is -2.42. The van der Waals surface area contributed by atoms with Gasteiger partial charge in [-0.1, -0.05) is 36.4 Å². The largest absolute Gasteiger partial charge is 0.485 e. The summed E-state index contributed by atoms with van der Waals surface area (Å²) < 4.78 is 6.12. The summed E-state index contributed by atoms with van der Waals surface area (Å²) in [7, 11) is 0. The van der Waals surface area contributed by atoms with Crippen LogP contribution in [0.25, 0.3) is 10.9 Å². The van der Waals surface area contributed by atoms with Crippen LogP contribution in [-0.4, -0.2) is 28.3 Å². The van der Waals surface area contributed by atoms with Crippen molar-refractivity contribution in [2.24, 2.45) is 0 Å². The Kier molecular flexibility index (Phi) is 4.39. The SMILES string of the molecule is CC1(C)Oc2cc3cccnc3cc2C(NCCc2ccccc2)C1O. The fraction of sp³-hybridized carbons (Fsp3) is 0.318. The van der Waals surface area contributed by atoms with E-state index in [2.05, 4.69) is 34.6 Å². The molecule has 4 rings (SSSR count). The molecule has 1 aliphatic rings. The molecule has 4 nitrogen and oxygen atoms in total. The number of nitrogens with zero attached hydrogens (tertiary/aromatic N) is 1. The predicted molar refractivity (Wildman–Crippen MR) is 103 cm³/mol. The zero-order valence-electron chi connectivity index (χ0n) is 15.1. The lowest BCUT2D eigenvalue weighted by Crippen LogP contribution is -2.52. The first-order valence-electron chi connectivity index (χ1n) is 9.08. The van der Waals surface area contributed by atoms with Gasteiger partial charge in [0.15, 0.2) is 0 Å². The molecule has 0 saturated heterocycles. The Morgan fingerprint density at radius 1 is 1.12 bits per heavy atom. The second-order valence-corrected chi connectivity index (χ2v) is 7.40. The second-order valence-electron chi connectivity index (χ2n) is 7.40. The van der Waals surface area contributed by atoms with Gasteiger partial charge in [-0.15, -0.1) is 0 Å². The van der Waals surface area contributed by atoms with Gasteiger partial charge in [0.05, 0.1) is 11.6 Å². The van der Waals surface area contributed by atoms with Crippen LogP contribution < -0.4 is 10.1 Å². The van der Waals surface area contributed by atoms with Crippen LogP contribution in [0.15, 0.2) is 60.8 Å². The average Bonchev–Trinajstić information content (AvgIpc) is 2.64. The second kappa shape index (κ2) is 6.71. The Bertz CT molecular complexity index is 908. The minimum atomic E-state index is -0.659. The van der Waals surface area contributed by atoms with E-state index in [1.165, 1.54) is 5.56 Å². The molecule has 0 saturated carbocycles. The summed E-state index contributed by atoms with van der Waals surface area (Å²) in [5.41, 5.74) is 2.50. The van der Waals surface area contributed by atoms with E-state index in [0.717, 1.165) is 35.2 Å². The number of hydrogen-bond acceptors (Lipinski definition) is 4. The third-order valence-electron chi connectivity index (χ3n) is 5.09. The quantitative estimate of drug-likeness (QED) is 0.756. The summed E-state index contributed by atoms with van der Waals surface area (Å²) in [6.07, 6.45) is 2.05. The third-order valence-corrected chi connectivity index (χ3v) is 5.09. The Morgan fingerprint density at radius 2 is 1.92 bits per heavy atom. The topological polar surface area (TPSA) is 54.4 Å². The number of aliphatic hydroxyl groups excluding tert-OH is 1. The Labute approximate surface area is 153 Å². The average molecular weight is 348 g/mol. The van der Waals surface area contributed by atoms with E-state index >= 15 is 0 Å². The number of benzene rings is 2. The van der Waals surface area contributed by atoms with E-state index in [-0.39, 0.29) is 6.04 Å². The molecule has 1 aliphatic heterocycles. The molecular weight excluding hydrogens is 324 g/mol. The molecule has 134 valence electrons. The van der Waals surface area contributed by atoms with E-state index in [1.807, 2.05) is 44.2 Å². The van der Waals surface area contributed by atoms with Crippen LogP contribution >= 0.6 is 0 Å². The number of hydrogen-bond donors (Lipinski definition) is 2. The zero-order valence-corrected chi connectivity index (χ0v) is 15.1. The van der Waals surface area contributed by atoms with Gasteiger partial charge in [-0.05, 0) is 50.6 Å². The van der Waals surface area contributed by atoms with Gasteiger partial charge in [-0.2, -0.15) is 0 Å². The summed E-state index contributed by atoms with van der Waals surface area (Å²) in [4.78, 5) is 4.45. The maximum atomic E-state index is 10.9. The standard InChI is InChI=1S/C22H24N2O2/c1-22(2)21(25)20(24-12-10-15-7-4-3-5-8-15)17-14-18-16(9-6-11-23-18)13-19(17)26-22/h3-9,11,13-14,20-21,24-25H,10,12H2,1-2H3. The van der Waals surface area contributed by atoms with E-state index in [9.17, 15) is 5.11 Å². The Balaban J connectivity index is 1.63. The smallest absolute Gasteiger partial charge is 0.131 e. The summed E-state index contributed by atoms with van der Waals surface area (Å²) >= 11 is 0. The molecule has 0 fully saturated rings. The highest BCUT2D eigenvalue weighted by atomic mass is 16.5. The van der Waals surface area contributed by atoms with Crippen LogP contribution in [0, 0.1) is 0 Å². The molecule has 26 heavy (non-hydrogen) atoms. The minimum absolute atomic E-state index is 0.191. The van der Waals surface area contributed by atoms with Gasteiger partial charge in [0.25, 0.3) is 0 Å². The van der Waals surface area contributed by atoms with Gasteiger partial charge in [-0.3, -0.25) is 4.98 Å². The first-order valence-corrected chi connectivity index (χ1v) is 9.08. The molecular formula is C22H24N2O2. The van der Waals surface area contributed by atoms with Crippen molar-refractivity contribution in [3.05, 3.63) is 71.9 Å². The molecule has 2 atom stereocenters. The van der Waals surface area contributed by atoms with Crippen molar-refractivity contribution in [2.75, 3.05) is 6.54 Å². The highest BCUT2D eigenvalue weighted by Crippen LogP contribution is 2.41. The van der Waals surface area contributed by atoms with Crippen molar-refractivity contribution in [1.82, 2.24) is 10.3 Å². The molecule has 0 amide bonds. The fourth-order valence-corrected chi connectivity index (χ4v) is 3.60. The summed E-state index contributed by atoms with van der Waals surface area (Å²) in [5.74, 6) is 0.818. The summed E-state index contributed by atoms with van der Waals surface area (Å²) in [5, 5.41) is 15.5. The molecule has 0 bridgehead atoms. The third kappa shape index (κ3) is 3.18. The molecule has 4 heteroatoms. The number of fused-ring (bicyclic) bond motifs is 2. The van der Waals surface area contributed by atoms with Gasteiger partial charge in [0, 0.05) is 17.1 Å². The van der Waals surface area contributed by atoms with Gasteiger partial charge in [-0.25, -0.2) is 0 Å². The molecule has 2 aromatic carbocycles. The molecule has 2 unspecified atom stereocenters. The first kappa shape index (κ1) is 17.0. The van der Waals surface area contributed by atoms with E-state index in [4.69, 9.17) is 4.74 Å². The Hall–Kier alpha value is -2.43. The van der Waals surface area contributed by atoms with E-state index in [1.54, 1.807) is 6.20 Å². The van der Waals surface area contributed by atoms with Crippen molar-refractivity contribution in [3.63, 3.8) is 0 Å². The van der Waals surface area contributed by atoms with Crippen LogP contribution in [0.3, 0.4) is 0 Å². The number of pyridine rings is 1. The highest BCUT2D eigenvalue weighted by Gasteiger charge is 2.42. The number of rotatable bonds is 4. The first-order chi connectivity index (χ1) is 12.5. The molecule has 2 N–H and O–H groups in total. The van der Waals surface area contributed by atoms with Crippen molar-refractivity contribution < 1.29 is 9.84 Å². The van der Waals surface area contributed by atoms with Crippen molar-refractivity contribution >= 4 is 10.9 Å². The maximum absolute atomic E-state index is 10.9. The summed E-state index contributed by atoms with van der Waals surface area (Å²) in [6, 6.07) is 18.2. The predicted octanol–water partition coefficient (Wildman–Crippen LogP) is 3.64. The number of aromatic nitrogens is 1. The van der Waals surface area contributed by atoms with Crippen molar-refractivity contribution in [1.29, 1.82) is 0 Å². The Morgan fingerprint density at radius 3 is 2.73 bits per heavy atom. The van der Waals surface area contributed by atoms with E-state index in [0.29, 0.717) is 0 Å². The maximum Gasteiger partial charge on any atom is 0.131 e. The van der Waals surface area contributed by atoms with Gasteiger partial charge in [0.1, 0.15) is 17.5 Å². The molecule has 0 aliphatic carbocycles. The van der Waals surface area contributed by atoms with Gasteiger partial charge in [0.2, 0.25) is 0 Å². The van der Waals surface area contributed by atoms with Crippen molar-refractivity contribution in [3.8, 4) is 5.75 Å². The van der Waals surface area contributed by atoms with Crippen LogP contribution in [0.4, 0.5) is 0 Å². The lowest BCUT2D eigenvalue weighted by atomic mass is 9.86. The molecule has 2 heterocycles. The summed E-state index contributed by atoms with van der Waals surface area (Å²) in [6.45, 7) is 4.64. The molecule has 3 aromatic rings. The minimum Gasteiger partial charge on any atom is -0.485 e. The number of aliphatic hydroxyl groups is 1. The zero-order chi connectivity index (χ0) is 18.1. The lowest BCUT2D eigenvalue weighted by molar-refractivity contribution is -0.0642. The monoisotopic (exact) mass is 348 g/mol. The van der Waals surface area contributed by atoms with Crippen LogP contribution in [0.2, 0.25) is 0 Å². The fourth-order valence-electron chi connectivity index (χ4n) is 3.60. The van der Waals surface area contributed by atoms with Crippen LogP contribution in [-0.2, 0) is 6.42 Å². The van der Waals surface area contributed by atoms with Crippen LogP contribution in [0.1, 0.15) is 31.0 Å². The number of ether oxygens (including phenoxy) is 1.